The van der Waals surface area contributed by atoms with Gasteiger partial charge in [-0.2, -0.15) is 0 Å². The summed E-state index contributed by atoms with van der Waals surface area (Å²) in [5.41, 5.74) is 2.43. The highest BCUT2D eigenvalue weighted by Crippen LogP contribution is 2.35. The summed E-state index contributed by atoms with van der Waals surface area (Å²) >= 11 is 4.71. The third-order valence-corrected chi connectivity index (χ3v) is 9.24. The van der Waals surface area contributed by atoms with Gasteiger partial charge in [-0.05, 0) is 78.4 Å². The van der Waals surface area contributed by atoms with Crippen LogP contribution in [-0.4, -0.2) is 42.3 Å². The standard InChI is InChI=1S/C30H31BrN4O6S/c1-5-41-29(37)26-18(3)32-30-34(27(26)19-6-9-24(40-4)22(31)15-19)28(36)25(42-30)16-20-14-21(35(38)39)7-8-23(20)33-12-10-17(2)11-13-33/h6-9,14-17,27H,5,10-13H2,1-4H3/b25-16+/t27-/m0/s1. The highest BCUT2D eigenvalue weighted by atomic mass is 79.9. The maximum atomic E-state index is 14.1. The summed E-state index contributed by atoms with van der Waals surface area (Å²) in [6, 6.07) is 9.37. The van der Waals surface area contributed by atoms with Gasteiger partial charge in [-0.3, -0.25) is 19.5 Å². The van der Waals surface area contributed by atoms with Crippen LogP contribution < -0.4 is 24.5 Å². The molecule has 10 nitrogen and oxygen atoms in total. The first kappa shape index (κ1) is 29.7. The lowest BCUT2D eigenvalue weighted by Gasteiger charge is -2.33. The van der Waals surface area contributed by atoms with E-state index in [0.29, 0.717) is 42.3 Å². The molecule has 3 aromatic rings. The number of non-ortho nitro benzene ring substituents is 1. The summed E-state index contributed by atoms with van der Waals surface area (Å²) in [5, 5.41) is 11.7. The second kappa shape index (κ2) is 12.2. The number of fused-ring (bicyclic) bond motifs is 1. The van der Waals surface area contributed by atoms with Crippen LogP contribution in [0.15, 0.2) is 61.9 Å². The number of carbonyl (C=O) groups excluding carboxylic acids is 1. The van der Waals surface area contributed by atoms with Crippen LogP contribution in [0.25, 0.3) is 6.08 Å². The molecule has 220 valence electrons. The number of rotatable bonds is 7. The van der Waals surface area contributed by atoms with Crippen molar-refractivity contribution in [2.45, 2.75) is 39.7 Å². The lowest BCUT2D eigenvalue weighted by atomic mass is 9.96. The number of hydrogen-bond acceptors (Lipinski definition) is 9. The average Bonchev–Trinajstić information content (AvgIpc) is 3.26. The van der Waals surface area contributed by atoms with E-state index < -0.39 is 16.9 Å². The fourth-order valence-corrected chi connectivity index (χ4v) is 7.01. The van der Waals surface area contributed by atoms with Crippen molar-refractivity contribution < 1.29 is 19.2 Å². The summed E-state index contributed by atoms with van der Waals surface area (Å²) < 4.78 is 13.3. The van der Waals surface area contributed by atoms with E-state index >= 15 is 0 Å². The molecule has 0 N–H and O–H groups in total. The van der Waals surface area contributed by atoms with Crippen LogP contribution in [0.5, 0.6) is 5.75 Å². The Morgan fingerprint density at radius 1 is 1.24 bits per heavy atom. The molecule has 0 aliphatic carbocycles. The first-order valence-corrected chi connectivity index (χ1v) is 15.3. The highest BCUT2D eigenvalue weighted by molar-refractivity contribution is 9.10. The van der Waals surface area contributed by atoms with Crippen molar-refractivity contribution in [1.82, 2.24) is 4.57 Å². The van der Waals surface area contributed by atoms with Crippen LogP contribution in [0.1, 0.15) is 50.8 Å². The lowest BCUT2D eigenvalue weighted by Crippen LogP contribution is -2.40. The molecular formula is C30H31BrN4O6S. The Morgan fingerprint density at radius 3 is 2.62 bits per heavy atom. The molecule has 5 rings (SSSR count). The smallest absolute Gasteiger partial charge is 0.338 e. The minimum absolute atomic E-state index is 0.0513. The zero-order valence-electron chi connectivity index (χ0n) is 23.8. The van der Waals surface area contributed by atoms with Gasteiger partial charge in [-0.25, -0.2) is 9.79 Å². The van der Waals surface area contributed by atoms with Crippen LogP contribution >= 0.6 is 27.3 Å². The molecule has 0 spiro atoms. The average molecular weight is 656 g/mol. The van der Waals surface area contributed by atoms with Crippen LogP contribution in [0.4, 0.5) is 11.4 Å². The first-order chi connectivity index (χ1) is 20.1. The van der Waals surface area contributed by atoms with Gasteiger partial charge in [-0.1, -0.05) is 24.3 Å². The van der Waals surface area contributed by atoms with Crippen molar-refractivity contribution in [3.05, 3.63) is 93.1 Å². The summed E-state index contributed by atoms with van der Waals surface area (Å²) in [4.78, 5) is 45.8. The third kappa shape index (κ3) is 5.65. The lowest BCUT2D eigenvalue weighted by molar-refractivity contribution is -0.384. The van der Waals surface area contributed by atoms with Gasteiger partial charge in [0.15, 0.2) is 4.80 Å². The molecule has 0 unspecified atom stereocenters. The van der Waals surface area contributed by atoms with Crippen LogP contribution in [0.3, 0.4) is 0 Å². The maximum absolute atomic E-state index is 14.1. The van der Waals surface area contributed by atoms with E-state index in [2.05, 4.69) is 32.7 Å². The van der Waals surface area contributed by atoms with E-state index in [9.17, 15) is 19.7 Å². The number of benzene rings is 2. The molecule has 2 aliphatic heterocycles. The van der Waals surface area contributed by atoms with Crippen LogP contribution in [0, 0.1) is 16.0 Å². The number of ether oxygens (including phenoxy) is 2. The molecule has 1 aromatic heterocycles. The number of nitro groups is 1. The minimum atomic E-state index is -0.794. The number of allylic oxidation sites excluding steroid dienone is 1. The van der Waals surface area contributed by atoms with Gasteiger partial charge < -0.3 is 14.4 Å². The second-order valence-corrected chi connectivity index (χ2v) is 12.2. The van der Waals surface area contributed by atoms with Crippen molar-refractivity contribution in [3.8, 4) is 5.75 Å². The van der Waals surface area contributed by atoms with Crippen molar-refractivity contribution in [2.75, 3.05) is 31.7 Å². The molecule has 0 bridgehead atoms. The Kier molecular flexibility index (Phi) is 8.65. The molecule has 12 heteroatoms. The van der Waals surface area contributed by atoms with Crippen LogP contribution in [-0.2, 0) is 9.53 Å². The maximum Gasteiger partial charge on any atom is 0.338 e. The molecule has 0 saturated carbocycles. The zero-order valence-corrected chi connectivity index (χ0v) is 26.2. The molecule has 1 fully saturated rings. The van der Waals surface area contributed by atoms with E-state index in [1.54, 1.807) is 45.2 Å². The van der Waals surface area contributed by atoms with Crippen molar-refractivity contribution in [1.29, 1.82) is 0 Å². The van der Waals surface area contributed by atoms with E-state index in [1.807, 2.05) is 6.07 Å². The number of anilines is 1. The Labute approximate surface area is 254 Å². The SMILES string of the molecule is CCOC(=O)C1=C(C)N=c2s/c(=C/c3cc([N+](=O)[O-])ccc3N3CCC(C)CC3)c(=O)n2[C@H]1c1ccc(OC)c(Br)c1. The van der Waals surface area contributed by atoms with Crippen molar-refractivity contribution >= 4 is 50.7 Å². The van der Waals surface area contributed by atoms with Gasteiger partial charge in [-0.15, -0.1) is 0 Å². The van der Waals surface area contributed by atoms with Crippen molar-refractivity contribution in [2.24, 2.45) is 10.9 Å². The first-order valence-electron chi connectivity index (χ1n) is 13.7. The zero-order chi connectivity index (χ0) is 30.1. The molecule has 0 radical (unpaired) electrons. The Hall–Kier alpha value is -3.77. The number of aromatic nitrogens is 1. The highest BCUT2D eigenvalue weighted by Gasteiger charge is 2.34. The number of halogens is 1. The number of methoxy groups -OCH3 is 1. The molecule has 3 heterocycles. The number of piperidine rings is 1. The molecule has 1 saturated heterocycles. The number of nitro benzene ring substituents is 1. The quantitative estimate of drug-likeness (QED) is 0.206. The molecule has 1 atom stereocenters. The largest absolute Gasteiger partial charge is 0.496 e. The molecule has 0 amide bonds. The van der Waals surface area contributed by atoms with Crippen molar-refractivity contribution in [3.63, 3.8) is 0 Å². The Morgan fingerprint density at radius 2 is 1.98 bits per heavy atom. The number of nitrogens with zero attached hydrogens (tertiary/aromatic N) is 4. The second-order valence-electron chi connectivity index (χ2n) is 10.4. The number of esters is 1. The van der Waals surface area contributed by atoms with Gasteiger partial charge in [0.2, 0.25) is 0 Å². The normalized spacial score (nSPS) is 17.6. The fraction of sp³-hybridized carbons (Fsp3) is 0.367. The molecule has 42 heavy (non-hydrogen) atoms. The van der Waals surface area contributed by atoms with Gasteiger partial charge in [0.25, 0.3) is 11.2 Å². The molecule has 2 aromatic carbocycles. The van der Waals surface area contributed by atoms with Gasteiger partial charge >= 0.3 is 5.97 Å². The van der Waals surface area contributed by atoms with E-state index in [-0.39, 0.29) is 23.4 Å². The van der Waals surface area contributed by atoms with Gasteiger partial charge in [0.05, 0.1) is 45.0 Å². The number of hydrogen-bond donors (Lipinski definition) is 0. The summed E-state index contributed by atoms with van der Waals surface area (Å²) in [5.74, 6) is 0.668. The van der Waals surface area contributed by atoms with E-state index in [1.165, 1.54) is 28.0 Å². The summed E-state index contributed by atoms with van der Waals surface area (Å²) in [7, 11) is 1.56. The summed E-state index contributed by atoms with van der Waals surface area (Å²) in [6.07, 6.45) is 3.74. The predicted molar refractivity (Wildman–Crippen MR) is 165 cm³/mol. The molecule has 2 aliphatic rings. The monoisotopic (exact) mass is 654 g/mol. The Balaban J connectivity index is 1.71. The molecular weight excluding hydrogens is 624 g/mol. The van der Waals surface area contributed by atoms with E-state index in [4.69, 9.17) is 9.47 Å². The summed E-state index contributed by atoms with van der Waals surface area (Å²) in [6.45, 7) is 7.50. The minimum Gasteiger partial charge on any atom is -0.496 e. The van der Waals surface area contributed by atoms with Gasteiger partial charge in [0.1, 0.15) is 5.75 Å². The topological polar surface area (TPSA) is 116 Å². The van der Waals surface area contributed by atoms with Gasteiger partial charge in [0, 0.05) is 36.5 Å². The third-order valence-electron chi connectivity index (χ3n) is 7.64. The number of carbonyl (C=O) groups is 1. The fourth-order valence-electron chi connectivity index (χ4n) is 5.41. The Bertz CT molecular complexity index is 1770. The number of thiazole rings is 1. The van der Waals surface area contributed by atoms with E-state index in [0.717, 1.165) is 31.6 Å². The van der Waals surface area contributed by atoms with Crippen LogP contribution in [0.2, 0.25) is 0 Å². The predicted octanol–water partition coefficient (Wildman–Crippen LogP) is 4.71.